The van der Waals surface area contributed by atoms with Gasteiger partial charge in [-0.3, -0.25) is 0 Å². The molecule has 0 saturated heterocycles. The minimum atomic E-state index is -4.54. The Morgan fingerprint density at radius 1 is 0.324 bits per heavy atom. The van der Waals surface area contributed by atoms with E-state index in [4.69, 9.17) is 85.3 Å². The zero-order valence-electron chi connectivity index (χ0n) is 58.3. The molecular formula is C76H94F6N2O18. The van der Waals surface area contributed by atoms with Gasteiger partial charge in [-0.2, -0.15) is 36.9 Å². The normalized spacial score (nSPS) is 12.4. The van der Waals surface area contributed by atoms with Crippen molar-refractivity contribution in [1.29, 1.82) is 10.5 Å². The monoisotopic (exact) mass is 1440 g/mol. The second-order valence-electron chi connectivity index (χ2n) is 22.1. The summed E-state index contributed by atoms with van der Waals surface area (Å²) in [6, 6.07) is 31.0. The first-order valence-corrected chi connectivity index (χ1v) is 33.2. The summed E-state index contributed by atoms with van der Waals surface area (Å²) in [6.45, 7) is 8.50. The van der Waals surface area contributed by atoms with Crippen LogP contribution in [0.3, 0.4) is 0 Å². The Kier molecular flexibility index (Phi) is 43.2. The molecule has 0 N–H and O–H groups in total. The van der Waals surface area contributed by atoms with Gasteiger partial charge in [-0.25, -0.2) is 0 Å². The van der Waals surface area contributed by atoms with Gasteiger partial charge in [0.25, 0.3) is 0 Å². The summed E-state index contributed by atoms with van der Waals surface area (Å²) < 4.78 is 185. The third kappa shape index (κ3) is 36.1. The highest BCUT2D eigenvalue weighted by Crippen LogP contribution is 2.36. The van der Waals surface area contributed by atoms with E-state index >= 15 is 0 Å². The molecule has 0 aromatic heterocycles. The summed E-state index contributed by atoms with van der Waals surface area (Å²) >= 11 is 0. The summed E-state index contributed by atoms with van der Waals surface area (Å²) in [7, 11) is 6.38. The van der Waals surface area contributed by atoms with Crippen LogP contribution < -0.4 is 9.47 Å². The molecule has 0 spiro atoms. The molecule has 20 nitrogen and oxygen atoms in total. The summed E-state index contributed by atoms with van der Waals surface area (Å²) in [5.41, 5.74) is 3.08. The van der Waals surface area contributed by atoms with Crippen LogP contribution in [0.2, 0.25) is 0 Å². The van der Waals surface area contributed by atoms with E-state index in [1.165, 1.54) is 24.3 Å². The molecule has 0 heterocycles. The predicted molar refractivity (Wildman–Crippen MR) is 373 cm³/mol. The van der Waals surface area contributed by atoms with Gasteiger partial charge in [0.1, 0.15) is 23.7 Å². The molecule has 102 heavy (non-hydrogen) atoms. The lowest BCUT2D eigenvalue weighted by Gasteiger charge is -2.24. The number of ether oxygens (including phenoxy) is 18. The summed E-state index contributed by atoms with van der Waals surface area (Å²) in [6.07, 6.45) is 0.0398. The topological polar surface area (TPSA) is 214 Å². The maximum absolute atomic E-state index is 13.4. The van der Waals surface area contributed by atoms with Crippen molar-refractivity contribution in [3.63, 3.8) is 0 Å². The largest absolute Gasteiger partial charge is 0.485 e. The minimum Gasteiger partial charge on any atom is -0.485 e. The average Bonchev–Trinajstić information content (AvgIpc) is 0.842. The summed E-state index contributed by atoms with van der Waals surface area (Å²) in [4.78, 5) is 0. The molecule has 26 heteroatoms. The van der Waals surface area contributed by atoms with Gasteiger partial charge in [0.15, 0.2) is 0 Å². The van der Waals surface area contributed by atoms with Gasteiger partial charge in [-0.05, 0) is 81.9 Å². The van der Waals surface area contributed by atoms with E-state index < -0.39 is 35.7 Å². The number of nitrogens with zero attached hydrogens (tertiary/aromatic N) is 2. The zero-order valence-corrected chi connectivity index (χ0v) is 58.3. The van der Waals surface area contributed by atoms with Gasteiger partial charge < -0.3 is 85.3 Å². The van der Waals surface area contributed by atoms with Crippen molar-refractivity contribution in [3.8, 4) is 23.6 Å². The lowest BCUT2D eigenvalue weighted by atomic mass is 10.0. The quantitative estimate of drug-likeness (QED) is 0.0153. The van der Waals surface area contributed by atoms with E-state index in [0.717, 1.165) is 35.4 Å². The van der Waals surface area contributed by atoms with E-state index in [1.807, 2.05) is 60.7 Å². The van der Waals surface area contributed by atoms with Crippen LogP contribution in [0.5, 0.6) is 11.5 Å². The summed E-state index contributed by atoms with van der Waals surface area (Å²) in [5.74, 6) is 0.755. The average molecular weight is 1440 g/mol. The Balaban J connectivity index is 1.57. The molecule has 558 valence electrons. The molecule has 0 aliphatic rings. The molecule has 5 aromatic rings. The van der Waals surface area contributed by atoms with E-state index in [0.29, 0.717) is 151 Å². The van der Waals surface area contributed by atoms with Crippen molar-refractivity contribution in [2.75, 3.05) is 213 Å². The second kappa shape index (κ2) is 51.7. The summed E-state index contributed by atoms with van der Waals surface area (Å²) in [5, 5.41) is 20.2. The first kappa shape index (κ1) is 85.2. The number of allylic oxidation sites excluding steroid dienone is 2. The fraction of sp³-hybridized carbons (Fsp3) is 0.474. The molecule has 0 fully saturated rings. The van der Waals surface area contributed by atoms with Crippen LogP contribution in [-0.2, 0) is 88.1 Å². The number of nitriles is 2. The molecule has 5 rings (SSSR count). The van der Waals surface area contributed by atoms with Crippen molar-refractivity contribution in [1.82, 2.24) is 0 Å². The number of alkyl halides is 6. The van der Waals surface area contributed by atoms with Crippen LogP contribution in [0.4, 0.5) is 26.3 Å². The Bertz CT molecular complexity index is 3000. The van der Waals surface area contributed by atoms with Gasteiger partial charge in [-0.15, -0.1) is 0 Å². The van der Waals surface area contributed by atoms with E-state index in [2.05, 4.69) is 12.1 Å². The molecule has 0 aliphatic heterocycles. The maximum atomic E-state index is 13.4. The number of hydrogen-bond acceptors (Lipinski definition) is 20. The second-order valence-corrected chi connectivity index (χ2v) is 22.1. The van der Waals surface area contributed by atoms with Crippen LogP contribution in [0.25, 0.3) is 47.6 Å². The highest BCUT2D eigenvalue weighted by molar-refractivity contribution is 5.91. The fourth-order valence-electron chi connectivity index (χ4n) is 8.98. The number of benzene rings is 5. The smallest absolute Gasteiger partial charge is 0.416 e. The predicted octanol–water partition coefficient (Wildman–Crippen LogP) is 12.5. The molecular weight excluding hydrogens is 1340 g/mol. The van der Waals surface area contributed by atoms with Crippen molar-refractivity contribution < 1.29 is 112 Å². The third-order valence-electron chi connectivity index (χ3n) is 14.3. The Hall–Kier alpha value is -7.42. The van der Waals surface area contributed by atoms with Gasteiger partial charge >= 0.3 is 12.4 Å². The molecule has 5 aromatic carbocycles. The fourth-order valence-corrected chi connectivity index (χ4v) is 8.98. The first-order chi connectivity index (χ1) is 49.7. The molecule has 0 radical (unpaired) electrons. The van der Waals surface area contributed by atoms with Crippen molar-refractivity contribution in [3.05, 3.63) is 165 Å². The highest BCUT2D eigenvalue weighted by atomic mass is 19.4. The molecule has 0 amide bonds. The van der Waals surface area contributed by atoms with E-state index in [-0.39, 0.29) is 90.4 Å². The van der Waals surface area contributed by atoms with Gasteiger partial charge in [0.05, 0.1) is 219 Å². The number of hydrogen-bond donors (Lipinski definition) is 0. The van der Waals surface area contributed by atoms with Crippen molar-refractivity contribution in [2.24, 2.45) is 0 Å². The first-order valence-electron chi connectivity index (χ1n) is 33.2. The SMILES string of the molecule is COCCOCCOCCOCC(COCCOCCOCCOC)Oc1cc(/C=C/c2ccc(/C=C(\C#N)c3ccc(C(F)(F)F)cc3)cc2)c(OC(COCCOCCOCCOC)COCCOCCOCCOC)cc1/C=C/c1ccc(/C=C(\C#N)c2ccc(C(F)(F)F)cc2)cc1. The Morgan fingerprint density at radius 2 is 0.559 bits per heavy atom. The molecule has 0 atom stereocenters. The molecule has 0 bridgehead atoms. The molecule has 0 unspecified atom stereocenters. The number of rotatable bonds is 56. The van der Waals surface area contributed by atoms with Gasteiger partial charge in [-0.1, -0.05) is 97.1 Å². The molecule has 0 saturated carbocycles. The van der Waals surface area contributed by atoms with Crippen molar-refractivity contribution in [2.45, 2.75) is 24.6 Å². The van der Waals surface area contributed by atoms with Crippen LogP contribution in [0.15, 0.2) is 109 Å². The number of methoxy groups -OCH3 is 4. The standard InChI is InChI=1S/C76H94F6N2O18/c1-85-25-29-89-33-37-93-41-45-97-55-71(56-98-46-42-94-38-34-90-30-26-86-2)101-73-51-66(16-14-60-7-11-62(12-8-60)50-68(54-84)64-19-23-70(24-20-64)76(80,81)82)74(102-72(57-99-47-43-95-39-35-91-31-27-87-3)58-100-48-44-96-40-36-92-32-28-88-4)52-65(73)15-13-59-5-9-61(10-6-59)49-67(53-83)63-17-21-69(22-18-63)75(77,78)79/h5-24,49-52,71-72H,25-48,55-58H2,1-4H3/b15-13+,16-14+,67-49+,68-50+. The lowest BCUT2D eigenvalue weighted by molar-refractivity contribution is -0.138. The van der Waals surface area contributed by atoms with Gasteiger partial charge in [0, 0.05) is 39.6 Å². The highest BCUT2D eigenvalue weighted by Gasteiger charge is 2.31. The number of halogens is 6. The third-order valence-corrected chi connectivity index (χ3v) is 14.3. The van der Waals surface area contributed by atoms with Crippen LogP contribution in [0, 0.1) is 22.7 Å². The minimum absolute atomic E-state index is 0.0552. The van der Waals surface area contributed by atoms with Crippen molar-refractivity contribution >= 4 is 47.6 Å². The zero-order chi connectivity index (χ0) is 73.1. The maximum Gasteiger partial charge on any atom is 0.416 e. The van der Waals surface area contributed by atoms with E-state index in [1.54, 1.807) is 64.9 Å². The van der Waals surface area contributed by atoms with Crippen LogP contribution in [0.1, 0.15) is 55.6 Å². The van der Waals surface area contributed by atoms with Crippen LogP contribution >= 0.6 is 0 Å². The Labute approximate surface area is 594 Å². The Morgan fingerprint density at radius 3 is 0.794 bits per heavy atom. The lowest BCUT2D eigenvalue weighted by Crippen LogP contribution is -2.31. The molecule has 0 aliphatic carbocycles. The van der Waals surface area contributed by atoms with Gasteiger partial charge in [0.2, 0.25) is 0 Å². The van der Waals surface area contributed by atoms with Crippen LogP contribution in [-0.4, -0.2) is 226 Å². The van der Waals surface area contributed by atoms with E-state index in [9.17, 15) is 36.9 Å².